The van der Waals surface area contributed by atoms with Gasteiger partial charge in [-0.1, -0.05) is 31.9 Å². The van der Waals surface area contributed by atoms with Crippen molar-refractivity contribution in [3.8, 4) is 0 Å². The molecule has 1 saturated carbocycles. The second kappa shape index (κ2) is 8.65. The van der Waals surface area contributed by atoms with Crippen LogP contribution in [0.2, 0.25) is 0 Å². The smallest absolute Gasteiger partial charge is 0.342 e. The van der Waals surface area contributed by atoms with Crippen LogP contribution in [0.15, 0.2) is 24.8 Å². The van der Waals surface area contributed by atoms with Crippen molar-refractivity contribution in [1.29, 1.82) is 0 Å². The van der Waals surface area contributed by atoms with E-state index in [1.165, 1.54) is 0 Å². The number of hydrogen-bond donors (Lipinski definition) is 1. The summed E-state index contributed by atoms with van der Waals surface area (Å²) in [6, 6.07) is 0. The molecule has 0 aromatic carbocycles. The minimum atomic E-state index is -1.44. The summed E-state index contributed by atoms with van der Waals surface area (Å²) in [7, 11) is 0. The molecule has 2 aliphatic rings. The van der Waals surface area contributed by atoms with E-state index in [-0.39, 0.29) is 12.0 Å². The van der Waals surface area contributed by atoms with Crippen molar-refractivity contribution < 1.29 is 14.6 Å². The number of aliphatic hydroxyl groups is 1. The van der Waals surface area contributed by atoms with Gasteiger partial charge in [0.1, 0.15) is 6.10 Å². The van der Waals surface area contributed by atoms with Gasteiger partial charge in [-0.3, -0.25) is 4.90 Å². The molecule has 1 saturated heterocycles. The zero-order valence-electron chi connectivity index (χ0n) is 14.4. The fourth-order valence-electron chi connectivity index (χ4n) is 3.67. The Morgan fingerprint density at radius 3 is 2.52 bits per heavy atom. The number of carbonyl (C=O) groups is 1. The van der Waals surface area contributed by atoms with E-state index in [1.54, 1.807) is 6.08 Å². The van der Waals surface area contributed by atoms with Crippen LogP contribution < -0.4 is 0 Å². The fraction of sp³-hybridized carbons (Fsp3) is 0.737. The van der Waals surface area contributed by atoms with Crippen LogP contribution in [0, 0.1) is 5.92 Å². The monoisotopic (exact) mass is 321 g/mol. The average Bonchev–Trinajstić information content (AvgIpc) is 3.09. The van der Waals surface area contributed by atoms with E-state index in [0.29, 0.717) is 0 Å². The Hall–Kier alpha value is -1.13. The zero-order chi connectivity index (χ0) is 16.7. The second-order valence-corrected chi connectivity index (χ2v) is 6.81. The first-order chi connectivity index (χ1) is 11.1. The Balaban J connectivity index is 1.95. The molecule has 0 bridgehead atoms. The SMILES string of the molecule is C=CCN1CCC(OC(=O)[C@@](O)(/C=C\CC)C2CCCC2)CC1. The highest BCUT2D eigenvalue weighted by molar-refractivity contribution is 5.82. The molecule has 1 aliphatic carbocycles. The first-order valence-electron chi connectivity index (χ1n) is 9.04. The van der Waals surface area contributed by atoms with Crippen molar-refractivity contribution in [3.63, 3.8) is 0 Å². The summed E-state index contributed by atoms with van der Waals surface area (Å²) in [4.78, 5) is 15.0. The molecule has 1 aliphatic heterocycles. The molecule has 0 spiro atoms. The predicted molar refractivity (Wildman–Crippen MR) is 92.1 cm³/mol. The lowest BCUT2D eigenvalue weighted by Gasteiger charge is -2.34. The van der Waals surface area contributed by atoms with Crippen molar-refractivity contribution in [3.05, 3.63) is 24.8 Å². The molecule has 1 N–H and O–H groups in total. The molecule has 2 fully saturated rings. The molecule has 0 aromatic heterocycles. The number of carbonyl (C=O) groups excluding carboxylic acids is 1. The third kappa shape index (κ3) is 4.67. The van der Waals surface area contributed by atoms with Crippen LogP contribution >= 0.6 is 0 Å². The van der Waals surface area contributed by atoms with Crippen LogP contribution in [0.25, 0.3) is 0 Å². The lowest BCUT2D eigenvalue weighted by atomic mass is 9.85. The molecule has 0 unspecified atom stereocenters. The molecule has 4 heteroatoms. The number of rotatable bonds is 7. The second-order valence-electron chi connectivity index (χ2n) is 6.81. The van der Waals surface area contributed by atoms with Gasteiger partial charge >= 0.3 is 5.97 Å². The first kappa shape index (κ1) is 18.2. The highest BCUT2D eigenvalue weighted by Crippen LogP contribution is 2.36. The third-order valence-corrected chi connectivity index (χ3v) is 5.11. The summed E-state index contributed by atoms with van der Waals surface area (Å²) >= 11 is 0. The van der Waals surface area contributed by atoms with E-state index in [9.17, 15) is 9.90 Å². The number of esters is 1. The van der Waals surface area contributed by atoms with Gasteiger partial charge in [-0.2, -0.15) is 0 Å². The summed E-state index contributed by atoms with van der Waals surface area (Å²) in [5, 5.41) is 11.0. The molecule has 0 aromatic rings. The molecule has 23 heavy (non-hydrogen) atoms. The summed E-state index contributed by atoms with van der Waals surface area (Å²) in [5.74, 6) is -0.449. The van der Waals surface area contributed by atoms with Gasteiger partial charge < -0.3 is 9.84 Å². The molecule has 1 heterocycles. The van der Waals surface area contributed by atoms with Crippen molar-refractivity contribution in [2.75, 3.05) is 19.6 Å². The number of hydrogen-bond acceptors (Lipinski definition) is 4. The summed E-state index contributed by atoms with van der Waals surface area (Å²) in [6.07, 6.45) is 11.8. The highest BCUT2D eigenvalue weighted by Gasteiger charge is 2.45. The minimum Gasteiger partial charge on any atom is -0.460 e. The van der Waals surface area contributed by atoms with E-state index in [1.807, 2.05) is 19.1 Å². The zero-order valence-corrected chi connectivity index (χ0v) is 14.4. The Labute approximate surface area is 140 Å². The van der Waals surface area contributed by atoms with Crippen LogP contribution in [0.1, 0.15) is 51.9 Å². The van der Waals surface area contributed by atoms with Crippen molar-refractivity contribution >= 4 is 5.97 Å². The van der Waals surface area contributed by atoms with Crippen molar-refractivity contribution in [2.24, 2.45) is 5.92 Å². The molecule has 130 valence electrons. The van der Waals surface area contributed by atoms with Crippen LogP contribution in [0.3, 0.4) is 0 Å². The van der Waals surface area contributed by atoms with Gasteiger partial charge in [-0.15, -0.1) is 6.58 Å². The lowest BCUT2D eigenvalue weighted by molar-refractivity contribution is -0.173. The summed E-state index contributed by atoms with van der Waals surface area (Å²) in [5.41, 5.74) is -1.44. The van der Waals surface area contributed by atoms with Gasteiger partial charge in [-0.25, -0.2) is 4.79 Å². The van der Waals surface area contributed by atoms with Crippen LogP contribution in [0.4, 0.5) is 0 Å². The number of piperidine rings is 1. The molecular formula is C19H31NO3. The van der Waals surface area contributed by atoms with Gasteiger partial charge in [-0.05, 0) is 38.2 Å². The van der Waals surface area contributed by atoms with E-state index >= 15 is 0 Å². The van der Waals surface area contributed by atoms with Gasteiger partial charge in [0, 0.05) is 25.6 Å². The first-order valence-corrected chi connectivity index (χ1v) is 9.04. The Morgan fingerprint density at radius 2 is 1.96 bits per heavy atom. The normalized spacial score (nSPS) is 23.9. The summed E-state index contributed by atoms with van der Waals surface area (Å²) < 4.78 is 5.70. The van der Waals surface area contributed by atoms with Gasteiger partial charge in [0.2, 0.25) is 0 Å². The van der Waals surface area contributed by atoms with Gasteiger partial charge in [0.15, 0.2) is 5.60 Å². The predicted octanol–water partition coefficient (Wildman–Crippen LogP) is 3.07. The van der Waals surface area contributed by atoms with Crippen LogP contribution in [-0.4, -0.2) is 47.3 Å². The number of likely N-dealkylation sites (tertiary alicyclic amines) is 1. The fourth-order valence-corrected chi connectivity index (χ4v) is 3.67. The van der Waals surface area contributed by atoms with Gasteiger partial charge in [0.05, 0.1) is 0 Å². The highest BCUT2D eigenvalue weighted by atomic mass is 16.6. The third-order valence-electron chi connectivity index (χ3n) is 5.11. The maximum atomic E-state index is 12.7. The van der Waals surface area contributed by atoms with Crippen LogP contribution in [0.5, 0.6) is 0 Å². The van der Waals surface area contributed by atoms with E-state index in [0.717, 1.165) is 64.6 Å². The molecule has 0 radical (unpaired) electrons. The minimum absolute atomic E-state index is 0.00125. The molecule has 0 amide bonds. The number of ether oxygens (including phenoxy) is 1. The molecule has 1 atom stereocenters. The maximum Gasteiger partial charge on any atom is 0.342 e. The van der Waals surface area contributed by atoms with E-state index in [4.69, 9.17) is 4.74 Å². The average molecular weight is 321 g/mol. The molecular weight excluding hydrogens is 290 g/mol. The lowest BCUT2D eigenvalue weighted by Crippen LogP contribution is -2.47. The quantitative estimate of drug-likeness (QED) is 0.578. The largest absolute Gasteiger partial charge is 0.460 e. The topological polar surface area (TPSA) is 49.8 Å². The van der Waals surface area contributed by atoms with E-state index in [2.05, 4.69) is 11.5 Å². The number of allylic oxidation sites excluding steroid dienone is 1. The van der Waals surface area contributed by atoms with E-state index < -0.39 is 11.6 Å². The summed E-state index contributed by atoms with van der Waals surface area (Å²) in [6.45, 7) is 8.47. The van der Waals surface area contributed by atoms with Crippen LogP contribution in [-0.2, 0) is 9.53 Å². The molecule has 2 rings (SSSR count). The van der Waals surface area contributed by atoms with Crippen molar-refractivity contribution in [1.82, 2.24) is 4.90 Å². The standard InChI is InChI=1S/C19H31NO3/c1-3-5-12-19(22,16-8-6-7-9-16)18(21)23-17-10-14-20(13-4-2)15-11-17/h4-5,12,16-17,22H,2-3,6-11,13-15H2,1H3/b12-5-/t19-/m1/s1. The Kier molecular flexibility index (Phi) is 6.85. The van der Waals surface area contributed by atoms with Crippen molar-refractivity contribution in [2.45, 2.75) is 63.6 Å². The Morgan fingerprint density at radius 1 is 1.30 bits per heavy atom. The maximum absolute atomic E-state index is 12.7. The number of nitrogens with zero attached hydrogens (tertiary/aromatic N) is 1. The Bertz CT molecular complexity index is 420. The van der Waals surface area contributed by atoms with Gasteiger partial charge in [0.25, 0.3) is 0 Å². The molecule has 4 nitrogen and oxygen atoms in total.